The Morgan fingerprint density at radius 2 is 2.10 bits per heavy atom. The molecule has 6 heteroatoms. The number of anilines is 1. The van der Waals surface area contributed by atoms with E-state index in [1.165, 1.54) is 0 Å². The van der Waals surface area contributed by atoms with Crippen LogP contribution >= 0.6 is 11.6 Å². The van der Waals surface area contributed by atoms with Crippen molar-refractivity contribution in [2.75, 3.05) is 18.4 Å². The molecule has 1 aromatic heterocycles. The molecule has 0 saturated carbocycles. The van der Waals surface area contributed by atoms with E-state index in [1.54, 1.807) is 11.1 Å². The summed E-state index contributed by atoms with van der Waals surface area (Å²) in [6.07, 6.45) is 3.23. The van der Waals surface area contributed by atoms with Crippen LogP contribution in [0.1, 0.15) is 33.6 Å². The largest absolute Gasteiger partial charge is 0.444 e. The highest BCUT2D eigenvalue weighted by Crippen LogP contribution is 2.20. The topological polar surface area (TPSA) is 54.5 Å². The van der Waals surface area contributed by atoms with E-state index in [1.807, 2.05) is 32.9 Å². The molecule has 0 unspecified atom stereocenters. The van der Waals surface area contributed by atoms with E-state index in [0.717, 1.165) is 18.5 Å². The first kappa shape index (κ1) is 15.9. The van der Waals surface area contributed by atoms with Crippen molar-refractivity contribution in [3.63, 3.8) is 0 Å². The summed E-state index contributed by atoms with van der Waals surface area (Å²) in [6.45, 7) is 7.04. The molecule has 1 saturated heterocycles. The number of ether oxygens (including phenoxy) is 1. The van der Waals surface area contributed by atoms with Gasteiger partial charge in [0.15, 0.2) is 0 Å². The summed E-state index contributed by atoms with van der Waals surface area (Å²) in [7, 11) is 0. The van der Waals surface area contributed by atoms with Crippen LogP contribution in [0.4, 0.5) is 10.5 Å². The van der Waals surface area contributed by atoms with Crippen LogP contribution in [0.25, 0.3) is 0 Å². The number of carbonyl (C=O) groups excluding carboxylic acids is 1. The monoisotopic (exact) mass is 311 g/mol. The first-order chi connectivity index (χ1) is 9.83. The quantitative estimate of drug-likeness (QED) is 0.849. The maximum absolute atomic E-state index is 12.0. The van der Waals surface area contributed by atoms with Gasteiger partial charge in [0, 0.05) is 31.0 Å². The summed E-state index contributed by atoms with van der Waals surface area (Å²) in [5, 5.41) is 3.90. The SMILES string of the molecule is CC(C)(C)OC(=O)N1CCC(Nc2ccnc(Cl)c2)CC1. The van der Waals surface area contributed by atoms with Crippen LogP contribution in [-0.4, -0.2) is 40.7 Å². The fraction of sp³-hybridized carbons (Fsp3) is 0.600. The average molecular weight is 312 g/mol. The van der Waals surface area contributed by atoms with E-state index in [9.17, 15) is 4.79 Å². The summed E-state index contributed by atoms with van der Waals surface area (Å²) >= 11 is 5.87. The van der Waals surface area contributed by atoms with Crippen LogP contribution in [0.15, 0.2) is 18.3 Å². The van der Waals surface area contributed by atoms with Gasteiger partial charge in [-0.1, -0.05) is 11.6 Å². The highest BCUT2D eigenvalue weighted by molar-refractivity contribution is 6.29. The molecule has 1 aromatic rings. The summed E-state index contributed by atoms with van der Waals surface area (Å²) in [6, 6.07) is 4.04. The first-order valence-electron chi connectivity index (χ1n) is 7.19. The molecule has 0 bridgehead atoms. The van der Waals surface area contributed by atoms with Gasteiger partial charge in [-0.15, -0.1) is 0 Å². The molecule has 1 aliphatic heterocycles. The lowest BCUT2D eigenvalue weighted by Crippen LogP contribution is -2.44. The highest BCUT2D eigenvalue weighted by atomic mass is 35.5. The molecule has 0 radical (unpaired) electrons. The van der Waals surface area contributed by atoms with Crippen LogP contribution in [0.3, 0.4) is 0 Å². The molecule has 0 atom stereocenters. The molecule has 0 spiro atoms. The van der Waals surface area contributed by atoms with Crippen molar-refractivity contribution in [1.29, 1.82) is 0 Å². The van der Waals surface area contributed by atoms with Gasteiger partial charge in [0.05, 0.1) is 0 Å². The number of amides is 1. The third kappa shape index (κ3) is 5.08. The number of nitrogens with zero attached hydrogens (tertiary/aromatic N) is 2. The number of nitrogens with one attached hydrogen (secondary N) is 1. The number of carbonyl (C=O) groups is 1. The molecule has 1 fully saturated rings. The smallest absolute Gasteiger partial charge is 0.410 e. The Morgan fingerprint density at radius 1 is 1.43 bits per heavy atom. The molecule has 21 heavy (non-hydrogen) atoms. The Balaban J connectivity index is 1.82. The Hall–Kier alpha value is -1.49. The van der Waals surface area contributed by atoms with Crippen LogP contribution in [0.2, 0.25) is 5.15 Å². The Bertz CT molecular complexity index is 494. The van der Waals surface area contributed by atoms with Gasteiger partial charge in [-0.05, 0) is 45.7 Å². The number of piperidine rings is 1. The zero-order valence-corrected chi connectivity index (χ0v) is 13.5. The average Bonchev–Trinajstić information content (AvgIpc) is 2.37. The van der Waals surface area contributed by atoms with Gasteiger partial charge in [0.1, 0.15) is 10.8 Å². The van der Waals surface area contributed by atoms with Crippen LogP contribution < -0.4 is 5.32 Å². The molecule has 2 heterocycles. The third-order valence-electron chi connectivity index (χ3n) is 3.24. The number of halogens is 1. The summed E-state index contributed by atoms with van der Waals surface area (Å²) in [5.41, 5.74) is 0.519. The minimum absolute atomic E-state index is 0.229. The lowest BCUT2D eigenvalue weighted by atomic mass is 10.1. The number of hydrogen-bond acceptors (Lipinski definition) is 4. The van der Waals surface area contributed by atoms with E-state index in [-0.39, 0.29) is 6.09 Å². The third-order valence-corrected chi connectivity index (χ3v) is 3.45. The second kappa shape index (κ2) is 6.52. The molecule has 2 rings (SSSR count). The van der Waals surface area contributed by atoms with Gasteiger partial charge in [0.25, 0.3) is 0 Å². The van der Waals surface area contributed by atoms with Crippen LogP contribution in [-0.2, 0) is 4.74 Å². The number of hydrogen-bond donors (Lipinski definition) is 1. The number of likely N-dealkylation sites (tertiary alicyclic amines) is 1. The van der Waals surface area contributed by atoms with Crippen molar-refractivity contribution in [3.05, 3.63) is 23.5 Å². The van der Waals surface area contributed by atoms with Gasteiger partial charge in [-0.3, -0.25) is 0 Å². The molecular weight excluding hydrogens is 290 g/mol. The zero-order valence-electron chi connectivity index (χ0n) is 12.7. The zero-order chi connectivity index (χ0) is 15.5. The van der Waals surface area contributed by atoms with Crippen molar-refractivity contribution in [1.82, 2.24) is 9.88 Å². The van der Waals surface area contributed by atoms with Gasteiger partial charge in [-0.25, -0.2) is 9.78 Å². The molecule has 1 amide bonds. The minimum atomic E-state index is -0.444. The normalized spacial score (nSPS) is 16.7. The minimum Gasteiger partial charge on any atom is -0.444 e. The Labute approximate surface area is 130 Å². The Morgan fingerprint density at radius 3 is 2.67 bits per heavy atom. The molecule has 116 valence electrons. The molecule has 5 nitrogen and oxygen atoms in total. The predicted molar refractivity (Wildman–Crippen MR) is 83.7 cm³/mol. The van der Waals surface area contributed by atoms with E-state index < -0.39 is 5.60 Å². The Kier molecular flexibility index (Phi) is 4.93. The van der Waals surface area contributed by atoms with Gasteiger partial charge in [0.2, 0.25) is 0 Å². The van der Waals surface area contributed by atoms with Gasteiger partial charge >= 0.3 is 6.09 Å². The predicted octanol–water partition coefficient (Wildman–Crippen LogP) is 3.55. The van der Waals surface area contributed by atoms with Crippen molar-refractivity contribution in [3.8, 4) is 0 Å². The molecular formula is C15H22ClN3O2. The fourth-order valence-corrected chi connectivity index (χ4v) is 2.43. The number of pyridine rings is 1. The maximum atomic E-state index is 12.0. The fourth-order valence-electron chi connectivity index (χ4n) is 2.26. The van der Waals surface area contributed by atoms with Crippen molar-refractivity contribution in [2.24, 2.45) is 0 Å². The van der Waals surface area contributed by atoms with Crippen molar-refractivity contribution >= 4 is 23.4 Å². The summed E-state index contributed by atoms with van der Waals surface area (Å²) < 4.78 is 5.39. The maximum Gasteiger partial charge on any atom is 0.410 e. The van der Waals surface area contributed by atoms with E-state index in [2.05, 4.69) is 10.3 Å². The number of aromatic nitrogens is 1. The molecule has 0 aromatic carbocycles. The van der Waals surface area contributed by atoms with E-state index in [0.29, 0.717) is 24.3 Å². The number of rotatable bonds is 2. The highest BCUT2D eigenvalue weighted by Gasteiger charge is 2.26. The van der Waals surface area contributed by atoms with E-state index >= 15 is 0 Å². The molecule has 0 aliphatic carbocycles. The summed E-state index contributed by atoms with van der Waals surface area (Å²) in [5.74, 6) is 0. The lowest BCUT2D eigenvalue weighted by Gasteiger charge is -2.34. The lowest BCUT2D eigenvalue weighted by molar-refractivity contribution is 0.0210. The molecule has 1 aliphatic rings. The van der Waals surface area contributed by atoms with Crippen LogP contribution in [0, 0.1) is 0 Å². The standard InChI is InChI=1S/C15H22ClN3O2/c1-15(2,3)21-14(20)19-8-5-11(6-9-19)18-12-4-7-17-13(16)10-12/h4,7,10-11H,5-6,8-9H2,1-3H3,(H,17,18). The second-order valence-corrected chi connectivity index (χ2v) is 6.64. The van der Waals surface area contributed by atoms with Crippen molar-refractivity contribution < 1.29 is 9.53 Å². The van der Waals surface area contributed by atoms with E-state index in [4.69, 9.17) is 16.3 Å². The van der Waals surface area contributed by atoms with Crippen LogP contribution in [0.5, 0.6) is 0 Å². The summed E-state index contributed by atoms with van der Waals surface area (Å²) in [4.78, 5) is 17.7. The molecule has 1 N–H and O–H groups in total. The van der Waals surface area contributed by atoms with Crippen molar-refractivity contribution in [2.45, 2.75) is 45.3 Å². The van der Waals surface area contributed by atoms with Gasteiger partial charge in [-0.2, -0.15) is 0 Å². The first-order valence-corrected chi connectivity index (χ1v) is 7.57. The second-order valence-electron chi connectivity index (χ2n) is 6.25. The van der Waals surface area contributed by atoms with Gasteiger partial charge < -0.3 is 15.0 Å².